The average molecular weight is 261 g/mol. The van der Waals surface area contributed by atoms with E-state index < -0.39 is 35.4 Å². The van der Waals surface area contributed by atoms with E-state index in [0.29, 0.717) is 0 Å². The van der Waals surface area contributed by atoms with Gasteiger partial charge in [-0.1, -0.05) is 0 Å². The van der Waals surface area contributed by atoms with Gasteiger partial charge in [-0.05, 0) is 13.8 Å². The van der Waals surface area contributed by atoms with Crippen molar-refractivity contribution in [3.05, 3.63) is 29.6 Å². The van der Waals surface area contributed by atoms with Gasteiger partial charge >= 0.3 is 5.97 Å². The summed E-state index contributed by atoms with van der Waals surface area (Å²) in [5.74, 6) is -5.04. The maximum Gasteiger partial charge on any atom is 0.310 e. The molecule has 0 amide bonds. The molecular formula is C12H14F3NO2. The molecule has 0 aliphatic rings. The maximum absolute atomic E-state index is 13.0. The molecule has 1 aromatic carbocycles. The molecule has 0 aromatic heterocycles. The molecule has 0 bridgehead atoms. The second-order valence-corrected chi connectivity index (χ2v) is 4.00. The monoisotopic (exact) mass is 261 g/mol. The van der Waals surface area contributed by atoms with Crippen molar-refractivity contribution in [2.24, 2.45) is 5.92 Å². The van der Waals surface area contributed by atoms with Crippen molar-refractivity contribution in [2.45, 2.75) is 19.9 Å². The van der Waals surface area contributed by atoms with E-state index in [1.807, 2.05) is 0 Å². The largest absolute Gasteiger partial charge is 0.469 e. The summed E-state index contributed by atoms with van der Waals surface area (Å²) < 4.78 is 43.2. The lowest BCUT2D eigenvalue weighted by molar-refractivity contribution is -0.145. The van der Waals surface area contributed by atoms with Crippen LogP contribution < -0.4 is 5.32 Å². The molecule has 6 heteroatoms. The zero-order valence-corrected chi connectivity index (χ0v) is 10.3. The Morgan fingerprint density at radius 2 is 1.72 bits per heavy atom. The van der Waals surface area contributed by atoms with E-state index in [1.165, 1.54) is 7.11 Å². The van der Waals surface area contributed by atoms with Crippen molar-refractivity contribution in [2.75, 3.05) is 12.4 Å². The molecule has 100 valence electrons. The first kappa shape index (κ1) is 14.3. The van der Waals surface area contributed by atoms with Gasteiger partial charge in [0, 0.05) is 23.9 Å². The molecule has 0 aliphatic carbocycles. The number of benzene rings is 1. The van der Waals surface area contributed by atoms with Crippen molar-refractivity contribution in [3.8, 4) is 0 Å². The predicted octanol–water partition coefficient (Wildman–Crippen LogP) is 2.71. The predicted molar refractivity (Wildman–Crippen MR) is 60.6 cm³/mol. The van der Waals surface area contributed by atoms with Crippen LogP contribution in [0.25, 0.3) is 0 Å². The Kier molecular flexibility index (Phi) is 4.58. The van der Waals surface area contributed by atoms with Crippen molar-refractivity contribution in [1.29, 1.82) is 0 Å². The fourth-order valence-electron chi connectivity index (χ4n) is 1.42. The highest BCUT2D eigenvalue weighted by molar-refractivity contribution is 5.73. The van der Waals surface area contributed by atoms with Crippen LogP contribution in [0.2, 0.25) is 0 Å². The number of carbonyl (C=O) groups is 1. The normalized spacial score (nSPS) is 13.9. The highest BCUT2D eigenvalue weighted by Crippen LogP contribution is 2.19. The SMILES string of the molecule is COC(=O)C(C)C(C)Nc1cc(F)c(F)c(F)c1. The van der Waals surface area contributed by atoms with Crippen LogP contribution in [0.15, 0.2) is 12.1 Å². The molecule has 2 unspecified atom stereocenters. The first-order valence-electron chi connectivity index (χ1n) is 5.35. The van der Waals surface area contributed by atoms with Gasteiger partial charge in [0.25, 0.3) is 0 Å². The fourth-order valence-corrected chi connectivity index (χ4v) is 1.42. The van der Waals surface area contributed by atoms with Crippen LogP contribution in [0.5, 0.6) is 0 Å². The molecule has 0 saturated carbocycles. The summed E-state index contributed by atoms with van der Waals surface area (Å²) in [5, 5.41) is 2.72. The Balaban J connectivity index is 2.82. The van der Waals surface area contributed by atoms with Crippen LogP contribution in [0.1, 0.15) is 13.8 Å². The summed E-state index contributed by atoms with van der Waals surface area (Å²) in [4.78, 5) is 11.3. The van der Waals surface area contributed by atoms with Crippen molar-refractivity contribution < 1.29 is 22.7 Å². The van der Waals surface area contributed by atoms with Gasteiger partial charge in [-0.25, -0.2) is 13.2 Å². The lowest BCUT2D eigenvalue weighted by Crippen LogP contribution is -2.30. The number of hydrogen-bond acceptors (Lipinski definition) is 3. The third-order valence-corrected chi connectivity index (χ3v) is 2.70. The van der Waals surface area contributed by atoms with E-state index in [-0.39, 0.29) is 5.69 Å². The smallest absolute Gasteiger partial charge is 0.310 e. The van der Waals surface area contributed by atoms with Crippen LogP contribution in [0.4, 0.5) is 18.9 Å². The summed E-state index contributed by atoms with van der Waals surface area (Å²) in [6.07, 6.45) is 0. The summed E-state index contributed by atoms with van der Waals surface area (Å²) in [6, 6.07) is 1.25. The van der Waals surface area contributed by atoms with E-state index >= 15 is 0 Å². The zero-order valence-electron chi connectivity index (χ0n) is 10.3. The number of methoxy groups -OCH3 is 1. The topological polar surface area (TPSA) is 38.3 Å². The third-order valence-electron chi connectivity index (χ3n) is 2.70. The van der Waals surface area contributed by atoms with Gasteiger partial charge in [0.05, 0.1) is 13.0 Å². The van der Waals surface area contributed by atoms with Gasteiger partial charge in [0.1, 0.15) is 0 Å². The molecule has 0 saturated heterocycles. The summed E-state index contributed by atoms with van der Waals surface area (Å²) in [6.45, 7) is 3.26. The van der Waals surface area contributed by atoms with Crippen LogP contribution in [0, 0.1) is 23.4 Å². The minimum atomic E-state index is -1.52. The lowest BCUT2D eigenvalue weighted by Gasteiger charge is -2.20. The Morgan fingerprint density at radius 1 is 1.22 bits per heavy atom. The number of hydrogen-bond donors (Lipinski definition) is 1. The summed E-state index contributed by atoms with van der Waals surface area (Å²) >= 11 is 0. The Hall–Kier alpha value is -1.72. The second kappa shape index (κ2) is 5.75. The summed E-state index contributed by atoms with van der Waals surface area (Å²) in [5.41, 5.74) is 0.0645. The van der Waals surface area contributed by atoms with Crippen molar-refractivity contribution in [3.63, 3.8) is 0 Å². The zero-order chi connectivity index (χ0) is 13.9. The minimum absolute atomic E-state index is 0.0645. The van der Waals surface area contributed by atoms with Crippen LogP contribution in [0.3, 0.4) is 0 Å². The quantitative estimate of drug-likeness (QED) is 0.669. The van der Waals surface area contributed by atoms with Crippen molar-refractivity contribution in [1.82, 2.24) is 0 Å². The Bertz CT molecular complexity index is 428. The molecule has 0 heterocycles. The molecule has 0 spiro atoms. The molecule has 1 N–H and O–H groups in total. The standard InChI is InChI=1S/C12H14F3NO2/c1-6(12(17)18-3)7(2)16-8-4-9(13)11(15)10(14)5-8/h4-7,16H,1-3H3. The second-order valence-electron chi connectivity index (χ2n) is 4.00. The van der Waals surface area contributed by atoms with E-state index in [9.17, 15) is 18.0 Å². The first-order valence-corrected chi connectivity index (χ1v) is 5.35. The van der Waals surface area contributed by atoms with Gasteiger partial charge in [-0.15, -0.1) is 0 Å². The molecule has 0 fully saturated rings. The first-order chi connectivity index (χ1) is 8.36. The van der Waals surface area contributed by atoms with E-state index in [1.54, 1.807) is 13.8 Å². The van der Waals surface area contributed by atoms with Crippen LogP contribution in [-0.2, 0) is 9.53 Å². The van der Waals surface area contributed by atoms with Gasteiger partial charge < -0.3 is 10.1 Å². The molecule has 1 rings (SSSR count). The lowest BCUT2D eigenvalue weighted by atomic mass is 10.0. The fraction of sp³-hybridized carbons (Fsp3) is 0.417. The highest BCUT2D eigenvalue weighted by Gasteiger charge is 2.21. The van der Waals surface area contributed by atoms with Crippen LogP contribution >= 0.6 is 0 Å². The molecule has 0 radical (unpaired) electrons. The van der Waals surface area contributed by atoms with Crippen LogP contribution in [-0.4, -0.2) is 19.1 Å². The molecule has 2 atom stereocenters. The Morgan fingerprint density at radius 3 is 2.17 bits per heavy atom. The number of carbonyl (C=O) groups excluding carboxylic acids is 1. The van der Waals surface area contributed by atoms with Crippen molar-refractivity contribution >= 4 is 11.7 Å². The van der Waals surface area contributed by atoms with Gasteiger partial charge in [-0.2, -0.15) is 0 Å². The average Bonchev–Trinajstić information content (AvgIpc) is 2.33. The molecule has 3 nitrogen and oxygen atoms in total. The van der Waals surface area contributed by atoms with E-state index in [2.05, 4.69) is 10.1 Å². The maximum atomic E-state index is 13.0. The third kappa shape index (κ3) is 3.15. The van der Waals surface area contributed by atoms with Gasteiger partial charge in [0.15, 0.2) is 17.5 Å². The highest BCUT2D eigenvalue weighted by atomic mass is 19.2. The van der Waals surface area contributed by atoms with E-state index in [0.717, 1.165) is 12.1 Å². The molecule has 18 heavy (non-hydrogen) atoms. The number of esters is 1. The molecular weight excluding hydrogens is 247 g/mol. The number of nitrogens with one attached hydrogen (secondary N) is 1. The number of halogens is 3. The molecule has 0 aliphatic heterocycles. The number of ether oxygens (including phenoxy) is 1. The minimum Gasteiger partial charge on any atom is -0.469 e. The van der Waals surface area contributed by atoms with Gasteiger partial charge in [-0.3, -0.25) is 4.79 Å². The number of anilines is 1. The van der Waals surface area contributed by atoms with Gasteiger partial charge in [0.2, 0.25) is 0 Å². The van der Waals surface area contributed by atoms with E-state index in [4.69, 9.17) is 0 Å². The Labute approximate surface area is 103 Å². The summed E-state index contributed by atoms with van der Waals surface area (Å²) in [7, 11) is 1.25. The number of rotatable bonds is 4. The molecule has 1 aromatic rings.